The third-order valence-electron chi connectivity index (χ3n) is 6.56. The Morgan fingerprint density at radius 2 is 1.92 bits per heavy atom. The summed E-state index contributed by atoms with van der Waals surface area (Å²) < 4.78 is 6.44. The van der Waals surface area contributed by atoms with E-state index >= 15 is 0 Å². The molecule has 0 bridgehead atoms. The number of para-hydroxylation sites is 2. The van der Waals surface area contributed by atoms with Gasteiger partial charge in [0.15, 0.2) is 5.75 Å². The summed E-state index contributed by atoms with van der Waals surface area (Å²) in [6, 6.07) is 13.2. The van der Waals surface area contributed by atoms with Gasteiger partial charge in [0.2, 0.25) is 0 Å². The standard InChI is InChI=1S/C28H32N6O5/c1-18-15-34(19(2)17-35)27(37)21-10-7-11-22(32-26(36)23-14-29-12-13-30-23)25(21)39-24(18)16-33(3)28(38)31-20-8-5-4-6-9-20/h4-14,18-19,24,35H,15-17H2,1-3H3,(H,31,38)(H,32,36)/t18-,19-,24-/m1/s1. The molecular formula is C28H32N6O5. The molecular weight excluding hydrogens is 500 g/mol. The number of ether oxygens (including phenoxy) is 1. The first-order chi connectivity index (χ1) is 18.8. The van der Waals surface area contributed by atoms with Crippen molar-refractivity contribution in [3.63, 3.8) is 0 Å². The van der Waals surface area contributed by atoms with Crippen LogP contribution in [0.1, 0.15) is 34.7 Å². The topological polar surface area (TPSA) is 137 Å². The lowest BCUT2D eigenvalue weighted by atomic mass is 9.99. The first kappa shape index (κ1) is 27.5. The van der Waals surface area contributed by atoms with E-state index in [2.05, 4.69) is 20.6 Å². The minimum Gasteiger partial charge on any atom is -0.485 e. The summed E-state index contributed by atoms with van der Waals surface area (Å²) in [7, 11) is 1.66. The maximum atomic E-state index is 13.6. The second-order valence-electron chi connectivity index (χ2n) is 9.53. The molecule has 0 spiro atoms. The average molecular weight is 533 g/mol. The van der Waals surface area contributed by atoms with Gasteiger partial charge in [-0.1, -0.05) is 31.2 Å². The number of nitrogens with one attached hydrogen (secondary N) is 2. The van der Waals surface area contributed by atoms with Crippen molar-refractivity contribution in [3.05, 3.63) is 78.4 Å². The molecule has 39 heavy (non-hydrogen) atoms. The molecule has 1 aliphatic rings. The highest BCUT2D eigenvalue weighted by molar-refractivity contribution is 6.06. The molecule has 2 heterocycles. The van der Waals surface area contributed by atoms with Gasteiger partial charge in [0.25, 0.3) is 11.8 Å². The molecule has 3 aromatic rings. The maximum Gasteiger partial charge on any atom is 0.321 e. The van der Waals surface area contributed by atoms with E-state index in [-0.39, 0.29) is 53.7 Å². The van der Waals surface area contributed by atoms with Crippen molar-refractivity contribution in [1.82, 2.24) is 19.8 Å². The van der Waals surface area contributed by atoms with E-state index in [0.717, 1.165) is 0 Å². The van der Waals surface area contributed by atoms with E-state index in [0.29, 0.717) is 12.2 Å². The fourth-order valence-corrected chi connectivity index (χ4v) is 4.26. The van der Waals surface area contributed by atoms with E-state index in [1.807, 2.05) is 25.1 Å². The molecule has 11 heteroatoms. The third kappa shape index (κ3) is 6.50. The molecule has 4 rings (SSSR count). The summed E-state index contributed by atoms with van der Waals surface area (Å²) in [5.74, 6) is -0.892. The molecule has 3 atom stereocenters. The minimum absolute atomic E-state index is 0.102. The number of hydrogen-bond donors (Lipinski definition) is 3. The van der Waals surface area contributed by atoms with Crippen LogP contribution in [0.3, 0.4) is 0 Å². The Kier molecular flexibility index (Phi) is 8.72. The Labute approximate surface area is 226 Å². The number of hydrogen-bond acceptors (Lipinski definition) is 7. The van der Waals surface area contributed by atoms with Crippen LogP contribution in [0.2, 0.25) is 0 Å². The number of amides is 4. The van der Waals surface area contributed by atoms with Crippen LogP contribution in [0.5, 0.6) is 5.75 Å². The Morgan fingerprint density at radius 3 is 2.62 bits per heavy atom. The van der Waals surface area contributed by atoms with Gasteiger partial charge in [-0.05, 0) is 31.2 Å². The molecule has 204 valence electrons. The molecule has 1 aliphatic heterocycles. The first-order valence-electron chi connectivity index (χ1n) is 12.6. The lowest BCUT2D eigenvalue weighted by molar-refractivity contribution is 0.0372. The molecule has 4 amide bonds. The van der Waals surface area contributed by atoms with Crippen LogP contribution in [0, 0.1) is 5.92 Å². The number of aromatic nitrogens is 2. The second-order valence-corrected chi connectivity index (χ2v) is 9.53. The van der Waals surface area contributed by atoms with Crippen molar-refractivity contribution >= 4 is 29.2 Å². The zero-order chi connectivity index (χ0) is 27.9. The van der Waals surface area contributed by atoms with Gasteiger partial charge in [0, 0.05) is 37.6 Å². The molecule has 1 aromatic heterocycles. The lowest BCUT2D eigenvalue weighted by Crippen LogP contribution is -2.50. The van der Waals surface area contributed by atoms with Crippen molar-refractivity contribution in [1.29, 1.82) is 0 Å². The maximum absolute atomic E-state index is 13.6. The van der Waals surface area contributed by atoms with Gasteiger partial charge in [-0.2, -0.15) is 0 Å². The summed E-state index contributed by atoms with van der Waals surface area (Å²) in [6.07, 6.45) is 3.66. The molecule has 0 fully saturated rings. The number of carbonyl (C=O) groups excluding carboxylic acids is 3. The highest BCUT2D eigenvalue weighted by Gasteiger charge is 2.35. The monoisotopic (exact) mass is 532 g/mol. The molecule has 0 saturated heterocycles. The van der Waals surface area contributed by atoms with Crippen LogP contribution in [-0.4, -0.2) is 81.6 Å². The Hall–Kier alpha value is -4.51. The molecule has 11 nitrogen and oxygen atoms in total. The van der Waals surface area contributed by atoms with Gasteiger partial charge in [0.05, 0.1) is 36.6 Å². The number of aliphatic hydroxyl groups excluding tert-OH is 1. The Balaban J connectivity index is 1.65. The smallest absolute Gasteiger partial charge is 0.321 e. The summed E-state index contributed by atoms with van der Waals surface area (Å²) >= 11 is 0. The van der Waals surface area contributed by atoms with Gasteiger partial charge in [-0.25, -0.2) is 9.78 Å². The van der Waals surface area contributed by atoms with Gasteiger partial charge in [-0.15, -0.1) is 0 Å². The number of urea groups is 1. The van der Waals surface area contributed by atoms with Crippen LogP contribution in [0.4, 0.5) is 16.2 Å². The molecule has 2 aromatic carbocycles. The van der Waals surface area contributed by atoms with Crippen LogP contribution in [-0.2, 0) is 0 Å². The van der Waals surface area contributed by atoms with Crippen LogP contribution in [0.25, 0.3) is 0 Å². The van der Waals surface area contributed by atoms with Crippen LogP contribution in [0.15, 0.2) is 67.1 Å². The van der Waals surface area contributed by atoms with E-state index in [4.69, 9.17) is 4.74 Å². The van der Waals surface area contributed by atoms with Gasteiger partial charge < -0.3 is 30.3 Å². The van der Waals surface area contributed by atoms with Crippen LogP contribution >= 0.6 is 0 Å². The predicted octanol–water partition coefficient (Wildman–Crippen LogP) is 3.11. The number of carbonyl (C=O) groups is 3. The fourth-order valence-electron chi connectivity index (χ4n) is 4.26. The Bertz CT molecular complexity index is 1310. The Morgan fingerprint density at radius 1 is 1.15 bits per heavy atom. The highest BCUT2D eigenvalue weighted by atomic mass is 16.5. The van der Waals surface area contributed by atoms with Crippen molar-refractivity contribution in [3.8, 4) is 5.75 Å². The zero-order valence-electron chi connectivity index (χ0n) is 22.1. The minimum atomic E-state index is -0.550. The largest absolute Gasteiger partial charge is 0.485 e. The van der Waals surface area contributed by atoms with Crippen LogP contribution < -0.4 is 15.4 Å². The lowest BCUT2D eigenvalue weighted by Gasteiger charge is -2.38. The van der Waals surface area contributed by atoms with Gasteiger partial charge in [-0.3, -0.25) is 14.6 Å². The molecule has 0 unspecified atom stereocenters. The molecule has 0 radical (unpaired) electrons. The number of rotatable bonds is 7. The average Bonchev–Trinajstić information content (AvgIpc) is 2.95. The number of likely N-dealkylation sites (N-methyl/N-ethyl adjacent to an activating group) is 1. The van der Waals surface area contributed by atoms with Gasteiger partial charge in [0.1, 0.15) is 11.8 Å². The summed E-state index contributed by atoms with van der Waals surface area (Å²) in [5.41, 5.74) is 1.28. The number of fused-ring (bicyclic) bond motifs is 1. The third-order valence-corrected chi connectivity index (χ3v) is 6.56. The summed E-state index contributed by atoms with van der Waals surface area (Å²) in [6.45, 7) is 3.96. The second kappa shape index (κ2) is 12.4. The van der Waals surface area contributed by atoms with Crippen molar-refractivity contribution in [2.24, 2.45) is 5.92 Å². The number of aliphatic hydroxyl groups is 1. The van der Waals surface area contributed by atoms with E-state index in [1.165, 1.54) is 23.5 Å². The normalized spacial score (nSPS) is 17.6. The number of benzene rings is 2. The first-order valence-corrected chi connectivity index (χ1v) is 12.6. The quantitative estimate of drug-likeness (QED) is 0.425. The molecule has 3 N–H and O–H groups in total. The van der Waals surface area contributed by atoms with E-state index in [1.54, 1.807) is 49.2 Å². The van der Waals surface area contributed by atoms with E-state index < -0.39 is 18.1 Å². The number of anilines is 2. The molecule has 0 aliphatic carbocycles. The predicted molar refractivity (Wildman–Crippen MR) is 146 cm³/mol. The van der Waals surface area contributed by atoms with Gasteiger partial charge >= 0.3 is 6.03 Å². The van der Waals surface area contributed by atoms with Crippen molar-refractivity contribution in [2.75, 3.05) is 37.4 Å². The fraction of sp³-hybridized carbons (Fsp3) is 0.321. The molecule has 0 saturated carbocycles. The zero-order valence-corrected chi connectivity index (χ0v) is 22.1. The SMILES string of the molecule is C[C@@H]1CN([C@H](C)CO)C(=O)c2cccc(NC(=O)c3cnccn3)c2O[C@@H]1CN(C)C(=O)Nc1ccccc1. The summed E-state index contributed by atoms with van der Waals surface area (Å²) in [4.78, 5) is 50.5. The van der Waals surface area contributed by atoms with Crippen molar-refractivity contribution in [2.45, 2.75) is 26.0 Å². The summed E-state index contributed by atoms with van der Waals surface area (Å²) in [5, 5.41) is 15.5. The number of nitrogens with zero attached hydrogens (tertiary/aromatic N) is 4. The van der Waals surface area contributed by atoms with E-state index in [9.17, 15) is 19.5 Å². The van der Waals surface area contributed by atoms with Crippen molar-refractivity contribution < 1.29 is 24.2 Å². The highest BCUT2D eigenvalue weighted by Crippen LogP contribution is 2.35.